The Morgan fingerprint density at radius 3 is 2.45 bits per heavy atom. The number of rotatable bonds is 8. The number of nitriles is 1. The molecule has 0 radical (unpaired) electrons. The Hall–Kier alpha value is -4.26. The van der Waals surface area contributed by atoms with Crippen LogP contribution in [0.2, 0.25) is 0 Å². The Morgan fingerprint density at radius 2 is 1.84 bits per heavy atom. The van der Waals surface area contributed by atoms with Crippen LogP contribution in [0.5, 0.6) is 0 Å². The molecule has 232 valence electrons. The first-order valence-corrected chi connectivity index (χ1v) is 15.3. The van der Waals surface area contributed by atoms with Crippen LogP contribution in [0.25, 0.3) is 0 Å². The van der Waals surface area contributed by atoms with Gasteiger partial charge in [0.15, 0.2) is 0 Å². The van der Waals surface area contributed by atoms with Gasteiger partial charge in [0.25, 0.3) is 0 Å². The molecule has 2 aromatic carbocycles. The molecule has 5 rings (SSSR count). The van der Waals surface area contributed by atoms with Gasteiger partial charge in [-0.3, -0.25) is 19.2 Å². The number of likely N-dealkylation sites (tertiary alicyclic amines) is 1. The van der Waals surface area contributed by atoms with E-state index in [0.717, 1.165) is 24.8 Å². The summed E-state index contributed by atoms with van der Waals surface area (Å²) in [5.74, 6) is -1.88. The largest absolute Gasteiger partial charge is 0.344 e. The monoisotopic (exact) mass is 601 g/mol. The molecule has 2 heterocycles. The highest BCUT2D eigenvalue weighted by Gasteiger charge is 2.57. The van der Waals surface area contributed by atoms with Gasteiger partial charge in [0.05, 0.1) is 11.5 Å². The molecule has 1 saturated carbocycles. The van der Waals surface area contributed by atoms with Gasteiger partial charge in [-0.1, -0.05) is 57.5 Å². The minimum atomic E-state index is -1.05. The van der Waals surface area contributed by atoms with Crippen molar-refractivity contribution in [3.05, 3.63) is 65.5 Å². The summed E-state index contributed by atoms with van der Waals surface area (Å²) in [6.45, 7) is 5.92. The Morgan fingerprint density at radius 1 is 1.16 bits per heavy atom. The van der Waals surface area contributed by atoms with Crippen LogP contribution in [0.15, 0.2) is 48.5 Å². The molecule has 4 atom stereocenters. The number of carbonyl (C=O) groups excluding carboxylic acids is 4. The predicted molar refractivity (Wildman–Crippen MR) is 162 cm³/mol. The lowest BCUT2D eigenvalue weighted by Crippen LogP contribution is -2.57. The topological polar surface area (TPSA) is 123 Å². The molecule has 44 heavy (non-hydrogen) atoms. The van der Waals surface area contributed by atoms with Crippen LogP contribution in [0, 0.1) is 28.5 Å². The number of para-hydroxylation sites is 1. The van der Waals surface area contributed by atoms with Crippen LogP contribution in [-0.4, -0.2) is 65.1 Å². The van der Waals surface area contributed by atoms with Crippen molar-refractivity contribution in [2.45, 2.75) is 82.8 Å². The third-order valence-electron chi connectivity index (χ3n) is 9.27. The molecule has 1 aliphatic carbocycles. The Labute approximate surface area is 257 Å². The number of carbonyl (C=O) groups is 4. The van der Waals surface area contributed by atoms with Gasteiger partial charge < -0.3 is 20.4 Å². The van der Waals surface area contributed by atoms with Crippen molar-refractivity contribution >= 4 is 29.3 Å². The van der Waals surface area contributed by atoms with E-state index in [1.807, 2.05) is 45.0 Å². The third kappa shape index (κ3) is 6.05. The maximum Gasteiger partial charge on any atom is 0.246 e. The number of nitrogens with one attached hydrogen (secondary N) is 2. The van der Waals surface area contributed by atoms with Crippen LogP contribution < -0.4 is 10.6 Å². The average molecular weight is 602 g/mol. The Bertz CT molecular complexity index is 1490. The summed E-state index contributed by atoms with van der Waals surface area (Å²) in [5, 5.41) is 16.0. The fraction of sp³-hybridized carbons (Fsp3) is 0.500. The quantitative estimate of drug-likeness (QED) is 0.475. The summed E-state index contributed by atoms with van der Waals surface area (Å²) < 4.78 is 13.6. The lowest BCUT2D eigenvalue weighted by molar-refractivity contribution is -0.148. The van der Waals surface area contributed by atoms with Gasteiger partial charge in [-0.25, -0.2) is 4.39 Å². The van der Waals surface area contributed by atoms with Gasteiger partial charge in [-0.15, -0.1) is 0 Å². The van der Waals surface area contributed by atoms with Crippen molar-refractivity contribution in [3.63, 3.8) is 0 Å². The zero-order chi connectivity index (χ0) is 31.8. The van der Waals surface area contributed by atoms with E-state index in [1.54, 1.807) is 19.2 Å². The molecular weight excluding hydrogens is 561 g/mol. The molecule has 0 aromatic heterocycles. The molecule has 2 N–H and O–H groups in total. The number of halogens is 1. The number of hydrogen-bond acceptors (Lipinski definition) is 5. The summed E-state index contributed by atoms with van der Waals surface area (Å²) in [6, 6.07) is 12.5. The smallest absolute Gasteiger partial charge is 0.246 e. The molecule has 3 aliphatic rings. The van der Waals surface area contributed by atoms with E-state index >= 15 is 0 Å². The lowest BCUT2D eigenvalue weighted by Gasteiger charge is -2.37. The van der Waals surface area contributed by atoms with Gasteiger partial charge in [0.2, 0.25) is 23.6 Å². The maximum absolute atomic E-state index is 14.4. The van der Waals surface area contributed by atoms with Gasteiger partial charge in [0, 0.05) is 38.0 Å². The van der Waals surface area contributed by atoms with Crippen LogP contribution >= 0.6 is 0 Å². The second-order valence-electron chi connectivity index (χ2n) is 13.6. The first kappa shape index (κ1) is 31.2. The second kappa shape index (κ2) is 12.0. The number of nitrogens with zero attached hydrogens (tertiary/aromatic N) is 3. The number of benzene rings is 2. The summed E-state index contributed by atoms with van der Waals surface area (Å²) in [5.41, 5.74) is 0.669. The molecule has 2 aliphatic heterocycles. The highest BCUT2D eigenvalue weighted by atomic mass is 19.1. The second-order valence-corrected chi connectivity index (χ2v) is 13.6. The minimum absolute atomic E-state index is 0.0208. The maximum atomic E-state index is 14.4. The van der Waals surface area contributed by atoms with Crippen LogP contribution in [0.1, 0.15) is 64.0 Å². The first-order chi connectivity index (χ1) is 20.8. The lowest BCUT2D eigenvalue weighted by atomic mass is 9.80. The fourth-order valence-corrected chi connectivity index (χ4v) is 6.56. The van der Waals surface area contributed by atoms with E-state index in [9.17, 15) is 28.8 Å². The molecule has 1 unspecified atom stereocenters. The van der Waals surface area contributed by atoms with E-state index in [-0.39, 0.29) is 42.5 Å². The number of hydrogen-bond donors (Lipinski definition) is 2. The van der Waals surface area contributed by atoms with Gasteiger partial charge in [-0.2, -0.15) is 5.26 Å². The van der Waals surface area contributed by atoms with E-state index in [2.05, 4.69) is 16.7 Å². The number of anilines is 1. The van der Waals surface area contributed by atoms with Gasteiger partial charge in [-0.05, 0) is 54.0 Å². The number of amides is 4. The zero-order valence-electron chi connectivity index (χ0n) is 25.7. The first-order valence-electron chi connectivity index (χ1n) is 15.3. The molecule has 9 nitrogen and oxygen atoms in total. The average Bonchev–Trinajstić information content (AvgIpc) is 3.47. The highest BCUT2D eigenvalue weighted by molar-refractivity contribution is 6.07. The SMILES string of the molecule is CN(C(=O)C(Cc1ccc(F)cc1)NC(=O)C1CCC1)[C@@H](CC(C)(C)C)C(=O)N1C[C@]2(C[C@H]1C#N)C(=O)Nc1ccccc12. The van der Waals surface area contributed by atoms with Crippen molar-refractivity contribution in [3.8, 4) is 6.07 Å². The van der Waals surface area contributed by atoms with E-state index in [0.29, 0.717) is 17.7 Å². The van der Waals surface area contributed by atoms with Crippen molar-refractivity contribution in [2.75, 3.05) is 18.9 Å². The summed E-state index contributed by atoms with van der Waals surface area (Å²) in [7, 11) is 1.55. The number of fused-ring (bicyclic) bond motifs is 2. The molecule has 2 fully saturated rings. The molecular formula is C34H40FN5O4. The number of likely N-dealkylation sites (N-methyl/N-ethyl adjacent to an activating group) is 1. The Balaban J connectivity index is 1.44. The molecule has 10 heteroatoms. The normalized spacial score (nSPS) is 22.4. The summed E-state index contributed by atoms with van der Waals surface area (Å²) >= 11 is 0. The summed E-state index contributed by atoms with van der Waals surface area (Å²) in [4.78, 5) is 57.8. The van der Waals surface area contributed by atoms with Gasteiger partial charge >= 0.3 is 0 Å². The summed E-state index contributed by atoms with van der Waals surface area (Å²) in [6.07, 6.45) is 3.04. The minimum Gasteiger partial charge on any atom is -0.344 e. The standard InChI is InChI=1S/C34H40FN5O4/c1-33(2,3)18-28(31(43)40-20-34(17-24(40)19-36)25-10-5-6-11-26(25)38-32(34)44)39(4)30(42)27(37-29(41)22-8-7-9-22)16-21-12-14-23(35)15-13-21/h5-6,10-15,22,24,27-28H,7-9,16-18,20H2,1-4H3,(H,37,41)(H,38,44)/t24-,27?,28-,34-/m0/s1. The molecule has 1 spiro atoms. The van der Waals surface area contributed by atoms with Crippen molar-refractivity contribution < 1.29 is 23.6 Å². The van der Waals surface area contributed by atoms with Crippen molar-refractivity contribution in [1.29, 1.82) is 5.26 Å². The predicted octanol–water partition coefficient (Wildman–Crippen LogP) is 3.93. The molecule has 1 saturated heterocycles. The molecule has 2 aromatic rings. The zero-order valence-corrected chi connectivity index (χ0v) is 25.7. The molecule has 0 bridgehead atoms. The Kier molecular flexibility index (Phi) is 8.52. The van der Waals surface area contributed by atoms with Crippen LogP contribution in [0.3, 0.4) is 0 Å². The fourth-order valence-electron chi connectivity index (χ4n) is 6.56. The van der Waals surface area contributed by atoms with Crippen molar-refractivity contribution in [2.24, 2.45) is 11.3 Å². The van der Waals surface area contributed by atoms with Crippen LogP contribution in [0.4, 0.5) is 10.1 Å². The van der Waals surface area contributed by atoms with E-state index in [4.69, 9.17) is 0 Å². The molecule has 4 amide bonds. The van der Waals surface area contributed by atoms with Crippen molar-refractivity contribution in [1.82, 2.24) is 15.1 Å². The van der Waals surface area contributed by atoms with E-state index < -0.39 is 41.2 Å². The highest BCUT2D eigenvalue weighted by Crippen LogP contribution is 2.46. The van der Waals surface area contributed by atoms with Crippen LogP contribution in [-0.2, 0) is 31.0 Å². The van der Waals surface area contributed by atoms with E-state index in [1.165, 1.54) is 21.9 Å². The third-order valence-corrected chi connectivity index (χ3v) is 9.27. The van der Waals surface area contributed by atoms with Gasteiger partial charge in [0.1, 0.15) is 23.9 Å².